The first-order chi connectivity index (χ1) is 8.35. The number of hydrogen-bond acceptors (Lipinski definition) is 2. The first-order valence-electron chi connectivity index (χ1n) is 6.94. The highest BCUT2D eigenvalue weighted by molar-refractivity contribution is 5.06. The molecule has 1 aromatic rings. The van der Waals surface area contributed by atoms with Gasteiger partial charge in [-0.2, -0.15) is 0 Å². The molecule has 1 aliphatic carbocycles. The van der Waals surface area contributed by atoms with Gasteiger partial charge in [0.15, 0.2) is 0 Å². The molecule has 1 heterocycles. The fourth-order valence-corrected chi connectivity index (χ4v) is 2.40. The van der Waals surface area contributed by atoms with Crippen molar-refractivity contribution in [1.29, 1.82) is 0 Å². The fraction of sp³-hybridized carbons (Fsp3) is 0.714. The summed E-state index contributed by atoms with van der Waals surface area (Å²) in [6.07, 6.45) is 4.97. The molecule has 1 fully saturated rings. The Balaban J connectivity index is 1.65. The summed E-state index contributed by atoms with van der Waals surface area (Å²) in [6, 6.07) is 5.22. The van der Waals surface area contributed by atoms with E-state index >= 15 is 0 Å². The highest BCUT2D eigenvalue weighted by Gasteiger charge is 2.26. The predicted octanol–water partition coefficient (Wildman–Crippen LogP) is 2.08. The SMILES string of the molecule is CCN(CCNCc1cccn1CC)C1CC1. The summed E-state index contributed by atoms with van der Waals surface area (Å²) in [4.78, 5) is 2.59. The van der Waals surface area contributed by atoms with Crippen molar-refractivity contribution in [2.45, 2.75) is 45.8 Å². The number of nitrogens with zero attached hydrogens (tertiary/aromatic N) is 2. The Kier molecular flexibility index (Phi) is 4.63. The smallest absolute Gasteiger partial charge is 0.0359 e. The highest BCUT2D eigenvalue weighted by atomic mass is 15.2. The Morgan fingerprint density at radius 2 is 2.24 bits per heavy atom. The molecule has 0 atom stereocenters. The molecular formula is C14H25N3. The van der Waals surface area contributed by atoms with Crippen LogP contribution in [0.1, 0.15) is 32.4 Å². The lowest BCUT2D eigenvalue weighted by Gasteiger charge is -2.19. The number of hydrogen-bond donors (Lipinski definition) is 1. The molecule has 3 nitrogen and oxygen atoms in total. The lowest BCUT2D eigenvalue weighted by atomic mass is 10.4. The maximum atomic E-state index is 3.55. The van der Waals surface area contributed by atoms with E-state index in [0.717, 1.165) is 25.7 Å². The number of aromatic nitrogens is 1. The van der Waals surface area contributed by atoms with Crippen LogP contribution in [-0.2, 0) is 13.1 Å². The van der Waals surface area contributed by atoms with E-state index in [-0.39, 0.29) is 0 Å². The van der Waals surface area contributed by atoms with Gasteiger partial charge in [0.05, 0.1) is 0 Å². The van der Waals surface area contributed by atoms with Gasteiger partial charge < -0.3 is 9.88 Å². The zero-order valence-electron chi connectivity index (χ0n) is 11.2. The van der Waals surface area contributed by atoms with Crippen LogP contribution in [0.3, 0.4) is 0 Å². The topological polar surface area (TPSA) is 20.2 Å². The molecule has 0 saturated heterocycles. The molecule has 17 heavy (non-hydrogen) atoms. The van der Waals surface area contributed by atoms with E-state index in [9.17, 15) is 0 Å². The zero-order valence-corrected chi connectivity index (χ0v) is 11.2. The Labute approximate surface area is 105 Å². The molecule has 0 amide bonds. The van der Waals surface area contributed by atoms with Crippen LogP contribution in [0, 0.1) is 0 Å². The van der Waals surface area contributed by atoms with Gasteiger partial charge in [0.25, 0.3) is 0 Å². The van der Waals surface area contributed by atoms with E-state index in [1.54, 1.807) is 0 Å². The predicted molar refractivity (Wildman–Crippen MR) is 72.1 cm³/mol. The first-order valence-corrected chi connectivity index (χ1v) is 6.94. The minimum absolute atomic E-state index is 0.890. The normalized spacial score (nSPS) is 15.7. The molecule has 0 aromatic carbocycles. The standard InChI is InChI=1S/C14H25N3/c1-3-16-10-5-6-14(16)12-15-9-11-17(4-2)13-7-8-13/h5-6,10,13,15H,3-4,7-9,11-12H2,1-2H3. The van der Waals surface area contributed by atoms with Crippen LogP contribution >= 0.6 is 0 Å². The molecule has 0 spiro atoms. The lowest BCUT2D eigenvalue weighted by Crippen LogP contribution is -2.33. The summed E-state index contributed by atoms with van der Waals surface area (Å²) in [6.45, 7) is 9.98. The Bertz CT molecular complexity index is 328. The molecule has 0 aliphatic heterocycles. The summed E-state index contributed by atoms with van der Waals surface area (Å²) in [5.74, 6) is 0. The fourth-order valence-electron chi connectivity index (χ4n) is 2.40. The zero-order chi connectivity index (χ0) is 12.1. The summed E-state index contributed by atoms with van der Waals surface area (Å²) >= 11 is 0. The molecule has 1 aromatic heterocycles. The van der Waals surface area contributed by atoms with Crippen LogP contribution in [0.15, 0.2) is 18.3 Å². The van der Waals surface area contributed by atoms with Crippen molar-refractivity contribution >= 4 is 0 Å². The van der Waals surface area contributed by atoms with Crippen molar-refractivity contribution in [2.75, 3.05) is 19.6 Å². The molecule has 2 rings (SSSR count). The van der Waals surface area contributed by atoms with Gasteiger partial charge in [-0.1, -0.05) is 6.92 Å². The van der Waals surface area contributed by atoms with Crippen molar-refractivity contribution < 1.29 is 0 Å². The minimum atomic E-state index is 0.890. The van der Waals surface area contributed by atoms with Gasteiger partial charge in [0, 0.05) is 44.1 Å². The summed E-state index contributed by atoms with van der Waals surface area (Å²) in [5.41, 5.74) is 1.39. The van der Waals surface area contributed by atoms with Crippen LogP contribution in [0.2, 0.25) is 0 Å². The van der Waals surface area contributed by atoms with Gasteiger partial charge in [0.1, 0.15) is 0 Å². The van der Waals surface area contributed by atoms with Gasteiger partial charge >= 0.3 is 0 Å². The van der Waals surface area contributed by atoms with Gasteiger partial charge in [-0.15, -0.1) is 0 Å². The molecule has 1 saturated carbocycles. The van der Waals surface area contributed by atoms with Crippen LogP contribution in [-0.4, -0.2) is 35.1 Å². The number of nitrogens with one attached hydrogen (secondary N) is 1. The van der Waals surface area contributed by atoms with E-state index in [4.69, 9.17) is 0 Å². The van der Waals surface area contributed by atoms with Gasteiger partial charge in [-0.3, -0.25) is 4.90 Å². The van der Waals surface area contributed by atoms with E-state index in [1.165, 1.54) is 31.6 Å². The summed E-state index contributed by atoms with van der Waals surface area (Å²) < 4.78 is 2.30. The van der Waals surface area contributed by atoms with Gasteiger partial charge in [-0.05, 0) is 38.4 Å². The van der Waals surface area contributed by atoms with Gasteiger partial charge in [-0.25, -0.2) is 0 Å². The summed E-state index contributed by atoms with van der Waals surface area (Å²) in [7, 11) is 0. The molecule has 0 bridgehead atoms. The first kappa shape index (κ1) is 12.7. The third-order valence-corrected chi connectivity index (χ3v) is 3.62. The van der Waals surface area contributed by atoms with Crippen molar-refractivity contribution in [3.05, 3.63) is 24.0 Å². The molecule has 96 valence electrons. The van der Waals surface area contributed by atoms with Gasteiger partial charge in [0.2, 0.25) is 0 Å². The maximum Gasteiger partial charge on any atom is 0.0359 e. The molecule has 3 heteroatoms. The van der Waals surface area contributed by atoms with Crippen molar-refractivity contribution in [2.24, 2.45) is 0 Å². The third kappa shape index (κ3) is 3.58. The molecule has 1 aliphatic rings. The second-order valence-corrected chi connectivity index (χ2v) is 4.82. The maximum absolute atomic E-state index is 3.55. The van der Waals surface area contributed by atoms with Crippen LogP contribution < -0.4 is 5.32 Å². The van der Waals surface area contributed by atoms with Crippen LogP contribution in [0.25, 0.3) is 0 Å². The molecule has 0 radical (unpaired) electrons. The van der Waals surface area contributed by atoms with Crippen LogP contribution in [0.5, 0.6) is 0 Å². The average molecular weight is 235 g/mol. The molecule has 0 unspecified atom stereocenters. The van der Waals surface area contributed by atoms with Crippen molar-refractivity contribution in [3.8, 4) is 0 Å². The second kappa shape index (κ2) is 6.22. The Morgan fingerprint density at radius 1 is 1.41 bits per heavy atom. The quantitative estimate of drug-likeness (QED) is 0.696. The molecule has 1 N–H and O–H groups in total. The Hall–Kier alpha value is -0.800. The monoisotopic (exact) mass is 235 g/mol. The van der Waals surface area contributed by atoms with E-state index < -0.39 is 0 Å². The van der Waals surface area contributed by atoms with Crippen molar-refractivity contribution in [3.63, 3.8) is 0 Å². The molecular weight excluding hydrogens is 210 g/mol. The van der Waals surface area contributed by atoms with E-state index in [0.29, 0.717) is 0 Å². The second-order valence-electron chi connectivity index (χ2n) is 4.82. The third-order valence-electron chi connectivity index (χ3n) is 3.62. The Morgan fingerprint density at radius 3 is 2.88 bits per heavy atom. The minimum Gasteiger partial charge on any atom is -0.351 e. The number of likely N-dealkylation sites (N-methyl/N-ethyl adjacent to an activating group) is 1. The van der Waals surface area contributed by atoms with E-state index in [1.807, 2.05) is 0 Å². The average Bonchev–Trinajstić information content (AvgIpc) is 3.08. The van der Waals surface area contributed by atoms with E-state index in [2.05, 4.69) is 47.0 Å². The highest BCUT2D eigenvalue weighted by Crippen LogP contribution is 2.25. The number of aryl methyl sites for hydroxylation is 1. The largest absolute Gasteiger partial charge is 0.351 e. The summed E-state index contributed by atoms with van der Waals surface area (Å²) in [5, 5.41) is 3.55. The number of rotatable bonds is 8. The lowest BCUT2D eigenvalue weighted by molar-refractivity contribution is 0.276. The van der Waals surface area contributed by atoms with Crippen molar-refractivity contribution in [1.82, 2.24) is 14.8 Å². The van der Waals surface area contributed by atoms with Crippen LogP contribution in [0.4, 0.5) is 0 Å².